The van der Waals surface area contributed by atoms with E-state index in [0.29, 0.717) is 16.6 Å². The smallest absolute Gasteiger partial charge is 0.328 e. The summed E-state index contributed by atoms with van der Waals surface area (Å²) in [4.78, 5) is 13.9. The molecule has 118 valence electrons. The average Bonchev–Trinajstić information content (AvgIpc) is 2.43. The van der Waals surface area contributed by atoms with Gasteiger partial charge < -0.3 is 10.0 Å². The summed E-state index contributed by atoms with van der Waals surface area (Å²) in [6.45, 7) is 8.86. The standard InChI is InChI=1S/C15H22BrFN2O2/c1-4-19(5-2)9-8-18-15(3,14(20)21)12-7-6-11(17)10-13(12)16/h6-7,10,18H,4-5,8-9H2,1-3H3,(H,20,21). The molecule has 0 amide bonds. The number of rotatable bonds is 8. The number of hydrogen-bond acceptors (Lipinski definition) is 3. The van der Waals surface area contributed by atoms with E-state index in [-0.39, 0.29) is 0 Å². The highest BCUT2D eigenvalue weighted by Crippen LogP contribution is 2.29. The molecule has 1 aromatic rings. The zero-order valence-electron chi connectivity index (χ0n) is 12.6. The lowest BCUT2D eigenvalue weighted by atomic mass is 9.92. The Labute approximate surface area is 133 Å². The molecule has 1 rings (SSSR count). The molecule has 0 bridgehead atoms. The van der Waals surface area contributed by atoms with E-state index in [1.54, 1.807) is 6.92 Å². The van der Waals surface area contributed by atoms with Gasteiger partial charge in [0.05, 0.1) is 0 Å². The van der Waals surface area contributed by atoms with Crippen LogP contribution in [0.4, 0.5) is 4.39 Å². The van der Waals surface area contributed by atoms with Crippen LogP contribution in [0.2, 0.25) is 0 Å². The van der Waals surface area contributed by atoms with Crippen molar-refractivity contribution in [2.45, 2.75) is 26.3 Å². The molecule has 0 aliphatic rings. The molecule has 1 unspecified atom stereocenters. The lowest BCUT2D eigenvalue weighted by Gasteiger charge is -2.29. The SMILES string of the molecule is CCN(CC)CCNC(C)(C(=O)O)c1ccc(F)cc1Br. The van der Waals surface area contributed by atoms with E-state index in [4.69, 9.17) is 0 Å². The molecule has 2 N–H and O–H groups in total. The molecule has 0 aliphatic carbocycles. The van der Waals surface area contributed by atoms with E-state index in [1.807, 2.05) is 0 Å². The molecular formula is C15H22BrFN2O2. The Morgan fingerprint density at radius 2 is 2.05 bits per heavy atom. The van der Waals surface area contributed by atoms with Crippen LogP contribution in [0, 0.1) is 5.82 Å². The van der Waals surface area contributed by atoms with Gasteiger partial charge in [0, 0.05) is 17.6 Å². The monoisotopic (exact) mass is 360 g/mol. The van der Waals surface area contributed by atoms with Crippen molar-refractivity contribution in [3.8, 4) is 0 Å². The van der Waals surface area contributed by atoms with Crippen LogP contribution in [-0.4, -0.2) is 42.2 Å². The zero-order valence-corrected chi connectivity index (χ0v) is 14.2. The first kappa shape index (κ1) is 18.1. The number of hydrogen-bond donors (Lipinski definition) is 2. The molecule has 6 heteroatoms. The summed E-state index contributed by atoms with van der Waals surface area (Å²) in [5, 5.41) is 12.6. The van der Waals surface area contributed by atoms with Gasteiger partial charge in [-0.05, 0) is 37.7 Å². The molecule has 0 aliphatic heterocycles. The Kier molecular flexibility index (Phi) is 6.77. The third kappa shape index (κ3) is 4.49. The molecule has 0 aromatic heterocycles. The second kappa shape index (κ2) is 7.87. The van der Waals surface area contributed by atoms with Gasteiger partial charge in [-0.25, -0.2) is 9.18 Å². The predicted octanol–water partition coefficient (Wildman–Crippen LogP) is 2.82. The molecule has 1 atom stereocenters. The number of benzene rings is 1. The van der Waals surface area contributed by atoms with Crippen LogP contribution < -0.4 is 5.32 Å². The van der Waals surface area contributed by atoms with Gasteiger partial charge in [-0.1, -0.05) is 35.8 Å². The van der Waals surface area contributed by atoms with Crippen LogP contribution in [0.1, 0.15) is 26.3 Å². The minimum Gasteiger partial charge on any atom is -0.480 e. The summed E-state index contributed by atoms with van der Waals surface area (Å²) >= 11 is 3.25. The van der Waals surface area contributed by atoms with Gasteiger partial charge in [-0.3, -0.25) is 5.32 Å². The highest BCUT2D eigenvalue weighted by atomic mass is 79.9. The van der Waals surface area contributed by atoms with Gasteiger partial charge >= 0.3 is 5.97 Å². The fourth-order valence-corrected chi connectivity index (χ4v) is 2.93. The Balaban J connectivity index is 2.90. The lowest BCUT2D eigenvalue weighted by molar-refractivity contribution is -0.144. The number of nitrogens with zero attached hydrogens (tertiary/aromatic N) is 1. The van der Waals surface area contributed by atoms with Gasteiger partial charge in [0.1, 0.15) is 11.4 Å². The van der Waals surface area contributed by atoms with E-state index in [9.17, 15) is 14.3 Å². The van der Waals surface area contributed by atoms with E-state index < -0.39 is 17.3 Å². The van der Waals surface area contributed by atoms with Crippen molar-refractivity contribution in [2.75, 3.05) is 26.2 Å². The van der Waals surface area contributed by atoms with E-state index in [2.05, 4.69) is 40.0 Å². The summed E-state index contributed by atoms with van der Waals surface area (Å²) in [7, 11) is 0. The number of likely N-dealkylation sites (N-methyl/N-ethyl adjacent to an activating group) is 1. The van der Waals surface area contributed by atoms with E-state index in [0.717, 1.165) is 19.6 Å². The highest BCUT2D eigenvalue weighted by molar-refractivity contribution is 9.10. The molecule has 4 nitrogen and oxygen atoms in total. The fraction of sp³-hybridized carbons (Fsp3) is 0.533. The van der Waals surface area contributed by atoms with Gasteiger partial charge in [0.2, 0.25) is 0 Å². The van der Waals surface area contributed by atoms with Gasteiger partial charge in [-0.2, -0.15) is 0 Å². The molecule has 0 saturated carbocycles. The maximum atomic E-state index is 13.2. The number of carbonyl (C=O) groups is 1. The fourth-order valence-electron chi connectivity index (χ4n) is 2.18. The Morgan fingerprint density at radius 3 is 2.52 bits per heavy atom. The third-order valence-corrected chi connectivity index (χ3v) is 4.35. The molecule has 0 heterocycles. The van der Waals surface area contributed by atoms with Crippen LogP contribution >= 0.6 is 15.9 Å². The summed E-state index contributed by atoms with van der Waals surface area (Å²) in [5.41, 5.74) is -0.754. The van der Waals surface area contributed by atoms with Gasteiger partial charge in [0.25, 0.3) is 0 Å². The summed E-state index contributed by atoms with van der Waals surface area (Å²) < 4.78 is 13.6. The van der Waals surface area contributed by atoms with Gasteiger partial charge in [-0.15, -0.1) is 0 Å². The van der Waals surface area contributed by atoms with Crippen molar-refractivity contribution in [3.05, 3.63) is 34.1 Å². The van der Waals surface area contributed by atoms with Gasteiger partial charge in [0.15, 0.2) is 0 Å². The number of aliphatic carboxylic acids is 1. The third-order valence-electron chi connectivity index (χ3n) is 3.70. The molecule has 21 heavy (non-hydrogen) atoms. The number of carboxylic acids is 1. The van der Waals surface area contributed by atoms with Crippen LogP contribution in [0.5, 0.6) is 0 Å². The number of nitrogens with one attached hydrogen (secondary N) is 1. The first-order valence-corrected chi connectivity index (χ1v) is 7.80. The normalized spacial score (nSPS) is 14.2. The van der Waals surface area contributed by atoms with Crippen molar-refractivity contribution in [3.63, 3.8) is 0 Å². The topological polar surface area (TPSA) is 52.6 Å². The van der Waals surface area contributed by atoms with Crippen LogP contribution in [0.3, 0.4) is 0 Å². The molecule has 0 spiro atoms. The van der Waals surface area contributed by atoms with Crippen molar-refractivity contribution in [1.29, 1.82) is 0 Å². The molecular weight excluding hydrogens is 339 g/mol. The van der Waals surface area contributed by atoms with Crippen molar-refractivity contribution >= 4 is 21.9 Å². The van der Waals surface area contributed by atoms with Crippen molar-refractivity contribution < 1.29 is 14.3 Å². The molecule has 0 fully saturated rings. The first-order valence-electron chi connectivity index (χ1n) is 7.01. The van der Waals surface area contributed by atoms with E-state index in [1.165, 1.54) is 18.2 Å². The largest absolute Gasteiger partial charge is 0.480 e. The Bertz CT molecular complexity index is 495. The van der Waals surface area contributed by atoms with E-state index >= 15 is 0 Å². The van der Waals surface area contributed by atoms with Crippen molar-refractivity contribution in [2.24, 2.45) is 0 Å². The quantitative estimate of drug-likeness (QED) is 0.748. The number of carboxylic acid groups (broad SMARTS) is 1. The first-order chi connectivity index (χ1) is 9.85. The predicted molar refractivity (Wildman–Crippen MR) is 84.9 cm³/mol. The Hall–Kier alpha value is -0.980. The summed E-state index contributed by atoms with van der Waals surface area (Å²) in [5.74, 6) is -1.39. The maximum absolute atomic E-state index is 13.2. The minimum atomic E-state index is -1.26. The van der Waals surface area contributed by atoms with Crippen LogP contribution in [0.25, 0.3) is 0 Å². The second-order valence-corrected chi connectivity index (χ2v) is 5.86. The highest BCUT2D eigenvalue weighted by Gasteiger charge is 2.36. The zero-order chi connectivity index (χ0) is 16.0. The second-order valence-electron chi connectivity index (χ2n) is 5.01. The molecule has 1 aromatic carbocycles. The lowest BCUT2D eigenvalue weighted by Crippen LogP contribution is -2.49. The summed E-state index contributed by atoms with van der Waals surface area (Å²) in [6.07, 6.45) is 0. The Morgan fingerprint density at radius 1 is 1.43 bits per heavy atom. The van der Waals surface area contributed by atoms with Crippen LogP contribution in [0.15, 0.2) is 22.7 Å². The minimum absolute atomic E-state index is 0.401. The molecule has 0 radical (unpaired) electrons. The average molecular weight is 361 g/mol. The molecule has 0 saturated heterocycles. The summed E-state index contributed by atoms with van der Waals surface area (Å²) in [6, 6.07) is 4.05. The van der Waals surface area contributed by atoms with Crippen LogP contribution in [-0.2, 0) is 10.3 Å². The number of halogens is 2. The maximum Gasteiger partial charge on any atom is 0.328 e. The van der Waals surface area contributed by atoms with Crippen molar-refractivity contribution in [1.82, 2.24) is 10.2 Å².